The van der Waals surface area contributed by atoms with E-state index < -0.39 is 15.7 Å². The minimum atomic E-state index is -3.37. The molecule has 22 heavy (non-hydrogen) atoms. The summed E-state index contributed by atoms with van der Waals surface area (Å²) in [6.45, 7) is 5.86. The van der Waals surface area contributed by atoms with E-state index in [-0.39, 0.29) is 24.8 Å². The largest absolute Gasteiger partial charge is 0.444 e. The van der Waals surface area contributed by atoms with Crippen LogP contribution in [-0.2, 0) is 19.0 Å². The second kappa shape index (κ2) is 6.35. The molecule has 2 bridgehead atoms. The van der Waals surface area contributed by atoms with Gasteiger partial charge in [-0.15, -0.1) is 0 Å². The summed E-state index contributed by atoms with van der Waals surface area (Å²) in [5, 5.41) is 0. The Morgan fingerprint density at radius 2 is 1.73 bits per heavy atom. The topological polar surface area (TPSA) is 72.9 Å². The highest BCUT2D eigenvalue weighted by atomic mass is 32.2. The number of rotatable bonds is 4. The molecule has 0 saturated carbocycles. The number of ether oxygens (including phenoxy) is 1. The lowest BCUT2D eigenvalue weighted by molar-refractivity contribution is 0.00106. The van der Waals surface area contributed by atoms with E-state index >= 15 is 0 Å². The van der Waals surface area contributed by atoms with Gasteiger partial charge in [-0.25, -0.2) is 4.79 Å². The highest BCUT2D eigenvalue weighted by Gasteiger charge is 2.44. The molecule has 2 aliphatic heterocycles. The Bertz CT molecular complexity index is 497. The van der Waals surface area contributed by atoms with Gasteiger partial charge in [0.2, 0.25) is 0 Å². The van der Waals surface area contributed by atoms with Crippen molar-refractivity contribution in [2.24, 2.45) is 5.92 Å². The summed E-state index contributed by atoms with van der Waals surface area (Å²) in [4.78, 5) is 14.2. The van der Waals surface area contributed by atoms with Crippen LogP contribution >= 0.6 is 0 Å². The second-order valence-corrected chi connectivity index (χ2v) is 9.07. The van der Waals surface area contributed by atoms with E-state index in [0.29, 0.717) is 5.92 Å². The fraction of sp³-hybridized carbons (Fsp3) is 0.933. The van der Waals surface area contributed by atoms with Crippen LogP contribution in [-0.4, -0.2) is 50.0 Å². The predicted octanol–water partition coefficient (Wildman–Crippen LogP) is 2.53. The molecule has 0 spiro atoms. The molecule has 2 saturated heterocycles. The normalized spacial score (nSPS) is 28.7. The fourth-order valence-electron chi connectivity index (χ4n) is 3.50. The third kappa shape index (κ3) is 4.84. The molecule has 2 fully saturated rings. The number of nitrogens with zero attached hydrogens (tertiary/aromatic N) is 1. The van der Waals surface area contributed by atoms with E-state index in [1.54, 1.807) is 0 Å². The molecule has 0 radical (unpaired) electrons. The molecule has 128 valence electrons. The first-order valence-corrected chi connectivity index (χ1v) is 9.72. The van der Waals surface area contributed by atoms with Crippen molar-refractivity contribution in [1.29, 1.82) is 0 Å². The number of carbonyl (C=O) groups excluding carboxylic acids is 1. The maximum Gasteiger partial charge on any atom is 0.410 e. The lowest BCUT2D eigenvalue weighted by atomic mass is 9.89. The van der Waals surface area contributed by atoms with Crippen molar-refractivity contribution in [3.63, 3.8) is 0 Å². The summed E-state index contributed by atoms with van der Waals surface area (Å²) in [5.74, 6) is 0.415. The first-order chi connectivity index (χ1) is 10.1. The van der Waals surface area contributed by atoms with E-state index in [4.69, 9.17) is 8.92 Å². The molecule has 2 aliphatic rings. The monoisotopic (exact) mass is 333 g/mol. The molecule has 2 heterocycles. The van der Waals surface area contributed by atoms with Gasteiger partial charge in [-0.05, 0) is 58.8 Å². The van der Waals surface area contributed by atoms with Crippen LogP contribution in [0, 0.1) is 5.92 Å². The van der Waals surface area contributed by atoms with E-state index in [1.807, 2.05) is 25.7 Å². The van der Waals surface area contributed by atoms with Gasteiger partial charge in [0.15, 0.2) is 0 Å². The minimum absolute atomic E-state index is 0.217. The zero-order valence-corrected chi connectivity index (χ0v) is 14.7. The molecule has 3 atom stereocenters. The quantitative estimate of drug-likeness (QED) is 0.739. The second-order valence-electron chi connectivity index (χ2n) is 7.42. The molecule has 2 rings (SSSR count). The first kappa shape index (κ1) is 17.5. The smallest absolute Gasteiger partial charge is 0.410 e. The SMILES string of the molecule is CC(C)(C)OC(=O)N1[C@@H]2CC[C@H]1C[C@@H](CCOS(C)(=O)=O)C2. The van der Waals surface area contributed by atoms with Gasteiger partial charge >= 0.3 is 6.09 Å². The fourth-order valence-corrected chi connectivity index (χ4v) is 3.90. The summed E-state index contributed by atoms with van der Waals surface area (Å²) in [6, 6.07) is 0.439. The summed E-state index contributed by atoms with van der Waals surface area (Å²) < 4.78 is 32.3. The highest BCUT2D eigenvalue weighted by Crippen LogP contribution is 2.40. The molecule has 0 aliphatic carbocycles. The summed E-state index contributed by atoms with van der Waals surface area (Å²) >= 11 is 0. The van der Waals surface area contributed by atoms with Crippen molar-refractivity contribution in [2.45, 2.75) is 70.6 Å². The van der Waals surface area contributed by atoms with Gasteiger partial charge < -0.3 is 9.64 Å². The summed E-state index contributed by atoms with van der Waals surface area (Å²) in [6.07, 6.45) is 5.40. The van der Waals surface area contributed by atoms with Gasteiger partial charge in [0, 0.05) is 12.1 Å². The Hall–Kier alpha value is -0.820. The molecular formula is C15H27NO5S. The zero-order chi connectivity index (χ0) is 16.5. The lowest BCUT2D eigenvalue weighted by Crippen LogP contribution is -2.48. The molecular weight excluding hydrogens is 306 g/mol. The Labute approximate surface area is 133 Å². The van der Waals surface area contributed by atoms with Gasteiger partial charge in [-0.1, -0.05) is 0 Å². The van der Waals surface area contributed by atoms with Crippen molar-refractivity contribution < 1.29 is 22.1 Å². The predicted molar refractivity (Wildman–Crippen MR) is 83.0 cm³/mol. The van der Waals surface area contributed by atoms with Gasteiger partial charge in [0.1, 0.15) is 5.60 Å². The molecule has 0 N–H and O–H groups in total. The summed E-state index contributed by atoms with van der Waals surface area (Å²) in [7, 11) is -3.37. The number of hydrogen-bond acceptors (Lipinski definition) is 5. The van der Waals surface area contributed by atoms with Crippen molar-refractivity contribution in [3.05, 3.63) is 0 Å². The third-order valence-corrected chi connectivity index (χ3v) is 4.85. The zero-order valence-electron chi connectivity index (χ0n) is 13.9. The highest BCUT2D eigenvalue weighted by molar-refractivity contribution is 7.85. The Morgan fingerprint density at radius 3 is 2.18 bits per heavy atom. The number of fused-ring (bicyclic) bond motifs is 2. The Balaban J connectivity index is 1.87. The standard InChI is InChI=1S/C15H27NO5S/c1-15(2,3)21-14(17)16-12-5-6-13(16)10-11(9-12)7-8-20-22(4,18)19/h11-13H,5-10H2,1-4H3/t11-,12+,13-. The van der Waals surface area contributed by atoms with Crippen molar-refractivity contribution in [1.82, 2.24) is 4.90 Å². The average molecular weight is 333 g/mol. The number of piperidine rings is 1. The van der Waals surface area contributed by atoms with Crippen LogP contribution in [0.2, 0.25) is 0 Å². The number of carbonyl (C=O) groups is 1. The number of amides is 1. The van der Waals surface area contributed by atoms with E-state index in [2.05, 4.69) is 0 Å². The van der Waals surface area contributed by atoms with Gasteiger partial charge in [-0.2, -0.15) is 8.42 Å². The Kier molecular flexibility index (Phi) is 5.06. The number of hydrogen-bond donors (Lipinski definition) is 0. The van der Waals surface area contributed by atoms with E-state index in [9.17, 15) is 13.2 Å². The van der Waals surface area contributed by atoms with Crippen LogP contribution in [0.5, 0.6) is 0 Å². The van der Waals surface area contributed by atoms with Gasteiger partial charge in [0.25, 0.3) is 10.1 Å². The van der Waals surface area contributed by atoms with Crippen molar-refractivity contribution in [3.8, 4) is 0 Å². The maximum atomic E-state index is 12.3. The lowest BCUT2D eigenvalue weighted by Gasteiger charge is -2.39. The first-order valence-electron chi connectivity index (χ1n) is 7.91. The van der Waals surface area contributed by atoms with Crippen molar-refractivity contribution >= 4 is 16.2 Å². The van der Waals surface area contributed by atoms with Crippen LogP contribution in [0.4, 0.5) is 4.79 Å². The molecule has 7 heteroatoms. The Morgan fingerprint density at radius 1 is 1.18 bits per heavy atom. The molecule has 6 nitrogen and oxygen atoms in total. The molecule has 1 amide bonds. The van der Waals surface area contributed by atoms with Crippen LogP contribution in [0.25, 0.3) is 0 Å². The van der Waals surface area contributed by atoms with Crippen molar-refractivity contribution in [2.75, 3.05) is 12.9 Å². The van der Waals surface area contributed by atoms with Crippen LogP contribution in [0.15, 0.2) is 0 Å². The maximum absolute atomic E-state index is 12.3. The van der Waals surface area contributed by atoms with Crippen LogP contribution in [0.1, 0.15) is 52.9 Å². The summed E-state index contributed by atoms with van der Waals surface area (Å²) in [5.41, 5.74) is -0.475. The van der Waals surface area contributed by atoms with E-state index in [0.717, 1.165) is 38.4 Å². The minimum Gasteiger partial charge on any atom is -0.444 e. The van der Waals surface area contributed by atoms with Crippen LogP contribution < -0.4 is 0 Å². The third-order valence-electron chi connectivity index (χ3n) is 4.26. The molecule has 0 unspecified atom stereocenters. The van der Waals surface area contributed by atoms with Gasteiger partial charge in [0.05, 0.1) is 12.9 Å². The molecule has 0 aromatic carbocycles. The molecule has 0 aromatic rings. The van der Waals surface area contributed by atoms with Gasteiger partial charge in [-0.3, -0.25) is 4.18 Å². The molecule has 0 aromatic heterocycles. The van der Waals surface area contributed by atoms with E-state index in [1.165, 1.54) is 0 Å². The average Bonchev–Trinajstić information content (AvgIpc) is 2.58. The van der Waals surface area contributed by atoms with Crippen LogP contribution in [0.3, 0.4) is 0 Å².